The van der Waals surface area contributed by atoms with Crippen molar-refractivity contribution in [3.63, 3.8) is 0 Å². The topological polar surface area (TPSA) is 52.6 Å². The normalized spacial score (nSPS) is 19.7. The zero-order chi connectivity index (χ0) is 14.8. The van der Waals surface area contributed by atoms with Crippen LogP contribution < -0.4 is 5.43 Å². The number of aliphatic hydroxyl groups is 1. The molecule has 0 spiro atoms. The van der Waals surface area contributed by atoms with Gasteiger partial charge in [0.25, 0.3) is 0 Å². The van der Waals surface area contributed by atoms with Gasteiger partial charge in [0, 0.05) is 19.6 Å². The van der Waals surface area contributed by atoms with Crippen LogP contribution in [0, 0.1) is 0 Å². The number of rotatable bonds is 4. The van der Waals surface area contributed by atoms with Crippen molar-refractivity contribution >= 4 is 5.91 Å². The quantitative estimate of drug-likeness (QED) is 0.889. The summed E-state index contributed by atoms with van der Waals surface area (Å²) in [4.78, 5) is 11.7. The van der Waals surface area contributed by atoms with E-state index in [1.807, 2.05) is 0 Å². The van der Waals surface area contributed by atoms with Crippen molar-refractivity contribution in [1.29, 1.82) is 0 Å². The third-order valence-electron chi connectivity index (χ3n) is 3.15. The summed E-state index contributed by atoms with van der Waals surface area (Å²) < 4.78 is 37.9. The molecular formula is C13H15F3N2O2. The van der Waals surface area contributed by atoms with E-state index in [0.29, 0.717) is 18.5 Å². The van der Waals surface area contributed by atoms with Crippen molar-refractivity contribution in [2.24, 2.45) is 0 Å². The first kappa shape index (κ1) is 14.8. The fourth-order valence-corrected chi connectivity index (χ4v) is 2.13. The van der Waals surface area contributed by atoms with E-state index in [1.54, 1.807) is 6.07 Å². The van der Waals surface area contributed by atoms with Gasteiger partial charge in [-0.05, 0) is 24.1 Å². The molecule has 1 fully saturated rings. The molecule has 0 aromatic heterocycles. The lowest BCUT2D eigenvalue weighted by molar-refractivity contribution is -0.137. The Morgan fingerprint density at radius 1 is 1.40 bits per heavy atom. The van der Waals surface area contributed by atoms with Gasteiger partial charge in [0.2, 0.25) is 5.91 Å². The van der Waals surface area contributed by atoms with Crippen LogP contribution in [0.15, 0.2) is 24.3 Å². The van der Waals surface area contributed by atoms with Crippen LogP contribution in [0.5, 0.6) is 0 Å². The average molecular weight is 288 g/mol. The molecule has 110 valence electrons. The zero-order valence-electron chi connectivity index (χ0n) is 10.7. The van der Waals surface area contributed by atoms with Crippen LogP contribution in [0.1, 0.15) is 30.0 Å². The highest BCUT2D eigenvalue weighted by molar-refractivity contribution is 5.78. The fraction of sp³-hybridized carbons (Fsp3) is 0.462. The molecule has 1 atom stereocenters. The summed E-state index contributed by atoms with van der Waals surface area (Å²) in [7, 11) is 0. The summed E-state index contributed by atoms with van der Waals surface area (Å²) in [6, 6.07) is 4.50. The van der Waals surface area contributed by atoms with Gasteiger partial charge in [-0.15, -0.1) is 0 Å². The van der Waals surface area contributed by atoms with Crippen LogP contribution in [-0.2, 0) is 11.0 Å². The standard InChI is InChI=1S/C13H15F3N2O2/c14-13(15,16)10-4-1-3-9(7-10)11-8-12(20)18(17-11)5-2-6-19/h1,3-4,7,11,17,19H,2,5-6,8H2. The number of hydrogen-bond donors (Lipinski definition) is 2. The molecule has 1 amide bonds. The van der Waals surface area contributed by atoms with E-state index in [0.717, 1.165) is 12.1 Å². The summed E-state index contributed by atoms with van der Waals surface area (Å²) in [5.74, 6) is -0.180. The monoisotopic (exact) mass is 288 g/mol. The number of nitrogens with zero attached hydrogens (tertiary/aromatic N) is 1. The van der Waals surface area contributed by atoms with E-state index in [1.165, 1.54) is 11.1 Å². The molecule has 1 aromatic carbocycles. The fourth-order valence-electron chi connectivity index (χ4n) is 2.13. The molecule has 0 aliphatic carbocycles. The predicted octanol–water partition coefficient (Wildman–Crippen LogP) is 1.87. The van der Waals surface area contributed by atoms with E-state index < -0.39 is 17.8 Å². The summed E-state index contributed by atoms with van der Waals surface area (Å²) in [5, 5.41) is 10.1. The van der Waals surface area contributed by atoms with Crippen LogP contribution in [-0.4, -0.2) is 29.2 Å². The molecule has 1 aliphatic rings. The SMILES string of the molecule is O=C1CC(c2cccc(C(F)(F)F)c2)NN1CCCO. The first-order valence-corrected chi connectivity index (χ1v) is 6.26. The Labute approximate surface area is 114 Å². The molecule has 0 radical (unpaired) electrons. The summed E-state index contributed by atoms with van der Waals surface area (Å²) in [5.41, 5.74) is 2.58. The molecule has 1 aromatic rings. The van der Waals surface area contributed by atoms with Gasteiger partial charge in [-0.2, -0.15) is 13.2 Å². The Balaban J connectivity index is 2.11. The van der Waals surface area contributed by atoms with Crippen LogP contribution in [0.2, 0.25) is 0 Å². The molecule has 2 rings (SSSR count). The number of amides is 1. The number of hydrogen-bond acceptors (Lipinski definition) is 3. The average Bonchev–Trinajstić information content (AvgIpc) is 2.77. The number of benzene rings is 1. The predicted molar refractivity (Wildman–Crippen MR) is 65.4 cm³/mol. The Bertz CT molecular complexity index is 491. The highest BCUT2D eigenvalue weighted by Gasteiger charge is 2.33. The van der Waals surface area contributed by atoms with Gasteiger partial charge in [-0.3, -0.25) is 9.80 Å². The van der Waals surface area contributed by atoms with E-state index in [2.05, 4.69) is 5.43 Å². The van der Waals surface area contributed by atoms with Crippen LogP contribution in [0.3, 0.4) is 0 Å². The number of halogens is 3. The number of carbonyl (C=O) groups excluding carboxylic acids is 1. The van der Waals surface area contributed by atoms with Gasteiger partial charge in [0.15, 0.2) is 0 Å². The van der Waals surface area contributed by atoms with Gasteiger partial charge in [0.1, 0.15) is 0 Å². The van der Waals surface area contributed by atoms with Crippen LogP contribution in [0.4, 0.5) is 13.2 Å². The molecule has 1 heterocycles. The molecule has 20 heavy (non-hydrogen) atoms. The van der Waals surface area contributed by atoms with Crippen molar-refractivity contribution in [2.75, 3.05) is 13.2 Å². The highest BCUT2D eigenvalue weighted by atomic mass is 19.4. The second-order valence-corrected chi connectivity index (χ2v) is 4.63. The van der Waals surface area contributed by atoms with Crippen LogP contribution >= 0.6 is 0 Å². The van der Waals surface area contributed by atoms with Gasteiger partial charge in [-0.1, -0.05) is 12.1 Å². The summed E-state index contributed by atoms with van der Waals surface area (Å²) in [6.07, 6.45) is -3.85. The number of carbonyl (C=O) groups is 1. The Hall–Kier alpha value is -1.60. The largest absolute Gasteiger partial charge is 0.416 e. The zero-order valence-corrected chi connectivity index (χ0v) is 10.7. The number of aliphatic hydroxyl groups excluding tert-OH is 1. The number of alkyl halides is 3. The van der Waals surface area contributed by atoms with Crippen molar-refractivity contribution < 1.29 is 23.1 Å². The molecular weight excluding hydrogens is 273 g/mol. The minimum absolute atomic E-state index is 0.0420. The maximum atomic E-state index is 12.6. The number of nitrogens with one attached hydrogen (secondary N) is 1. The summed E-state index contributed by atoms with van der Waals surface area (Å²) >= 11 is 0. The van der Waals surface area contributed by atoms with E-state index in [9.17, 15) is 18.0 Å². The lowest BCUT2D eigenvalue weighted by Gasteiger charge is -2.18. The minimum Gasteiger partial charge on any atom is -0.396 e. The third-order valence-corrected chi connectivity index (χ3v) is 3.15. The van der Waals surface area contributed by atoms with Gasteiger partial charge in [-0.25, -0.2) is 5.43 Å². The highest BCUT2D eigenvalue weighted by Crippen LogP contribution is 2.32. The van der Waals surface area contributed by atoms with Crippen molar-refractivity contribution in [1.82, 2.24) is 10.4 Å². The van der Waals surface area contributed by atoms with Crippen LogP contribution in [0.25, 0.3) is 0 Å². The molecule has 7 heteroatoms. The minimum atomic E-state index is -4.39. The summed E-state index contributed by atoms with van der Waals surface area (Å²) in [6.45, 7) is 0.296. The smallest absolute Gasteiger partial charge is 0.396 e. The van der Waals surface area contributed by atoms with Gasteiger partial charge >= 0.3 is 6.18 Å². The lowest BCUT2D eigenvalue weighted by Crippen LogP contribution is -2.36. The third kappa shape index (κ3) is 3.29. The second kappa shape index (κ2) is 5.80. The van der Waals surface area contributed by atoms with Gasteiger partial charge < -0.3 is 5.11 Å². The maximum absolute atomic E-state index is 12.6. The second-order valence-electron chi connectivity index (χ2n) is 4.63. The molecule has 4 nitrogen and oxygen atoms in total. The Morgan fingerprint density at radius 2 is 2.15 bits per heavy atom. The van der Waals surface area contributed by atoms with Crippen molar-refractivity contribution in [2.45, 2.75) is 25.1 Å². The molecule has 2 N–H and O–H groups in total. The molecule has 0 saturated carbocycles. The Morgan fingerprint density at radius 3 is 2.80 bits per heavy atom. The molecule has 0 bridgehead atoms. The first-order chi connectivity index (χ1) is 9.41. The lowest BCUT2D eigenvalue weighted by atomic mass is 10.0. The van der Waals surface area contributed by atoms with E-state index in [4.69, 9.17) is 5.11 Å². The van der Waals surface area contributed by atoms with Crippen molar-refractivity contribution in [3.8, 4) is 0 Å². The molecule has 1 aliphatic heterocycles. The van der Waals surface area contributed by atoms with E-state index in [-0.39, 0.29) is 18.9 Å². The maximum Gasteiger partial charge on any atom is 0.416 e. The molecule has 1 saturated heterocycles. The molecule has 1 unspecified atom stereocenters. The first-order valence-electron chi connectivity index (χ1n) is 6.26. The van der Waals surface area contributed by atoms with E-state index >= 15 is 0 Å². The number of hydrazine groups is 1. The van der Waals surface area contributed by atoms with Crippen molar-refractivity contribution in [3.05, 3.63) is 35.4 Å². The van der Waals surface area contributed by atoms with Gasteiger partial charge in [0.05, 0.1) is 11.6 Å². The Kier molecular flexibility index (Phi) is 4.29.